The van der Waals surface area contributed by atoms with E-state index < -0.39 is 0 Å². The standard InChI is InChI=1S/C54H36N6.C21H13Br2N3.C16H13N3/c1-3-15-37(16-4-1)52-36-53(38-17-5-2-6-18-38)60-54(59-52)47-32-39(41-28-43(48-19-7-11-23-55-48)34-44(29-41)49-20-8-12-24-56-49)27-40(33-47)42-30-45(50-21-9-13-25-57-50)35-46(31-42)51-22-10-14-26-58-51;22-17-11-16(12-18(23)13-17)21-25-19(14-7-3-1-4-8-14)24-20(26-21)15-9-5-2-6-10-15;1-12-10-15(13-6-2-4-8-17-13)19-16(11-12)14-7-3-5-9-18-14/h1-36H;1-13H;2-11H,1H3. The summed E-state index contributed by atoms with van der Waals surface area (Å²) < 4.78 is 1.93. The lowest BCUT2D eigenvalue weighted by molar-refractivity contribution is 1.07. The fraction of sp³-hybridized carbons (Fsp3) is 0.0110. The molecular weight excluding hydrogens is 1420 g/mol. The lowest BCUT2D eigenvalue weighted by Crippen LogP contribution is -2.00. The van der Waals surface area contributed by atoms with Crippen LogP contribution in [0.4, 0.5) is 0 Å². The van der Waals surface area contributed by atoms with Crippen LogP contribution in [0, 0.1) is 6.92 Å². The highest BCUT2D eigenvalue weighted by molar-refractivity contribution is 9.11. The fourth-order valence-corrected chi connectivity index (χ4v) is 13.4. The fourth-order valence-electron chi connectivity index (χ4n) is 12.1. The first-order valence-electron chi connectivity index (χ1n) is 34.0. The average molecular weight is 1480 g/mol. The molecule has 0 spiro atoms. The molecule has 0 unspecified atom stereocenters. The smallest absolute Gasteiger partial charge is 0.164 e. The minimum Gasteiger partial charge on any atom is -0.256 e. The summed E-state index contributed by atoms with van der Waals surface area (Å²) in [6, 6.07) is 108. The lowest BCUT2D eigenvalue weighted by atomic mass is 9.91. The molecule has 0 aliphatic carbocycles. The van der Waals surface area contributed by atoms with Crippen LogP contribution >= 0.6 is 31.9 Å². The quantitative estimate of drug-likeness (QED) is 0.102. The Morgan fingerprint density at radius 3 is 0.752 bits per heavy atom. The first-order chi connectivity index (χ1) is 51.7. The Hall–Kier alpha value is -13.1. The molecular formula is C91H62Br2N12. The van der Waals surface area contributed by atoms with Gasteiger partial charge in [-0.2, -0.15) is 0 Å². The second-order valence-corrected chi connectivity index (χ2v) is 26.3. The summed E-state index contributed by atoms with van der Waals surface area (Å²) in [5.41, 5.74) is 23.6. The Kier molecular flexibility index (Phi) is 20.8. The Morgan fingerprint density at radius 1 is 0.171 bits per heavy atom. The molecule has 0 fully saturated rings. The van der Waals surface area contributed by atoms with Gasteiger partial charge in [0.1, 0.15) is 0 Å². The van der Waals surface area contributed by atoms with E-state index in [0.29, 0.717) is 23.3 Å². The van der Waals surface area contributed by atoms with Crippen molar-refractivity contribution in [2.75, 3.05) is 0 Å². The van der Waals surface area contributed by atoms with Crippen LogP contribution in [-0.4, -0.2) is 59.8 Å². The summed E-state index contributed by atoms with van der Waals surface area (Å²) in [4.78, 5) is 57.0. The molecule has 0 amide bonds. The number of nitrogens with zero attached hydrogens (tertiary/aromatic N) is 12. The largest absolute Gasteiger partial charge is 0.256 e. The van der Waals surface area contributed by atoms with Crippen molar-refractivity contribution >= 4 is 31.9 Å². The van der Waals surface area contributed by atoms with E-state index in [1.165, 1.54) is 0 Å². The van der Waals surface area contributed by atoms with Crippen LogP contribution < -0.4 is 0 Å². The number of aryl methyl sites for hydroxylation is 1. The topological polar surface area (TPSA) is 155 Å². The van der Waals surface area contributed by atoms with Crippen LogP contribution in [0.1, 0.15) is 5.56 Å². The van der Waals surface area contributed by atoms with Gasteiger partial charge in [0.2, 0.25) is 0 Å². The van der Waals surface area contributed by atoms with Crippen molar-refractivity contribution in [3.8, 4) is 158 Å². The van der Waals surface area contributed by atoms with E-state index in [0.717, 1.165) is 149 Å². The normalized spacial score (nSPS) is 10.8. The number of pyridine rings is 7. The minimum atomic E-state index is 0.620. The Balaban J connectivity index is 0.000000160. The second-order valence-electron chi connectivity index (χ2n) is 24.5. The van der Waals surface area contributed by atoms with Crippen LogP contribution in [0.3, 0.4) is 0 Å². The molecule has 9 aromatic heterocycles. The molecule has 500 valence electrons. The molecule has 0 aliphatic heterocycles. The second kappa shape index (κ2) is 32.2. The zero-order valence-electron chi connectivity index (χ0n) is 56.7. The maximum Gasteiger partial charge on any atom is 0.164 e. The maximum atomic E-state index is 5.28. The van der Waals surface area contributed by atoms with E-state index in [4.69, 9.17) is 44.9 Å². The van der Waals surface area contributed by atoms with Gasteiger partial charge in [-0.1, -0.05) is 190 Å². The van der Waals surface area contributed by atoms with Crippen molar-refractivity contribution in [2.24, 2.45) is 0 Å². The van der Waals surface area contributed by atoms with Crippen LogP contribution in [-0.2, 0) is 0 Å². The molecule has 105 heavy (non-hydrogen) atoms. The highest BCUT2D eigenvalue weighted by atomic mass is 79.9. The third-order valence-electron chi connectivity index (χ3n) is 17.1. The first kappa shape index (κ1) is 67.7. The van der Waals surface area contributed by atoms with Crippen molar-refractivity contribution in [1.82, 2.24) is 59.8 Å². The molecule has 0 atom stereocenters. The Labute approximate surface area is 625 Å². The van der Waals surface area contributed by atoms with Crippen molar-refractivity contribution in [3.63, 3.8) is 0 Å². The van der Waals surface area contributed by atoms with Crippen molar-refractivity contribution in [3.05, 3.63) is 373 Å². The van der Waals surface area contributed by atoms with Crippen molar-refractivity contribution in [1.29, 1.82) is 0 Å². The zero-order valence-corrected chi connectivity index (χ0v) is 59.9. The summed E-state index contributed by atoms with van der Waals surface area (Å²) in [5.74, 6) is 2.57. The van der Waals surface area contributed by atoms with E-state index >= 15 is 0 Å². The average Bonchev–Trinajstić information content (AvgIpc) is 0.768. The van der Waals surface area contributed by atoms with Gasteiger partial charge in [-0.05, 0) is 199 Å². The van der Waals surface area contributed by atoms with E-state index in [1.807, 2.05) is 261 Å². The summed E-state index contributed by atoms with van der Waals surface area (Å²) in [5, 5.41) is 0. The molecule has 0 saturated heterocycles. The molecule has 0 saturated carbocycles. The Bertz CT molecular complexity index is 5130. The van der Waals surface area contributed by atoms with Gasteiger partial charge in [0.25, 0.3) is 0 Å². The third kappa shape index (κ3) is 16.8. The number of rotatable bonds is 14. The summed E-state index contributed by atoms with van der Waals surface area (Å²) in [6.07, 6.45) is 10.9. The monoisotopic (exact) mass is 1480 g/mol. The van der Waals surface area contributed by atoms with Crippen molar-refractivity contribution in [2.45, 2.75) is 6.92 Å². The van der Waals surface area contributed by atoms with Crippen LogP contribution in [0.5, 0.6) is 0 Å². The van der Waals surface area contributed by atoms with Gasteiger partial charge in [-0.25, -0.2) is 29.9 Å². The highest BCUT2D eigenvalue weighted by Gasteiger charge is 2.19. The molecule has 0 bridgehead atoms. The predicted octanol–water partition coefficient (Wildman–Crippen LogP) is 23.0. The highest BCUT2D eigenvalue weighted by Crippen LogP contribution is 2.40. The van der Waals surface area contributed by atoms with Gasteiger partial charge < -0.3 is 0 Å². The molecule has 0 aliphatic rings. The third-order valence-corrected chi connectivity index (χ3v) is 18.0. The van der Waals surface area contributed by atoms with Gasteiger partial charge >= 0.3 is 0 Å². The lowest BCUT2D eigenvalue weighted by Gasteiger charge is -2.16. The number of aromatic nitrogens is 12. The van der Waals surface area contributed by atoms with Gasteiger partial charge in [0.05, 0.1) is 56.9 Å². The van der Waals surface area contributed by atoms with Crippen LogP contribution in [0.15, 0.2) is 368 Å². The first-order valence-corrected chi connectivity index (χ1v) is 35.6. The number of hydrogen-bond donors (Lipinski definition) is 0. The van der Waals surface area contributed by atoms with Crippen molar-refractivity contribution < 1.29 is 0 Å². The minimum absolute atomic E-state index is 0.620. The summed E-state index contributed by atoms with van der Waals surface area (Å²) in [7, 11) is 0. The maximum absolute atomic E-state index is 5.28. The molecule has 0 radical (unpaired) electrons. The van der Waals surface area contributed by atoms with E-state index in [9.17, 15) is 0 Å². The molecule has 9 heterocycles. The number of halogens is 2. The molecule has 17 rings (SSSR count). The number of hydrogen-bond acceptors (Lipinski definition) is 12. The SMILES string of the molecule is Brc1cc(Br)cc(-c2nc(-c3ccccc3)nc(-c3ccccc3)n2)c1.Cc1cc(-c2ccccn2)nc(-c2ccccn2)c1.c1ccc(-c2cc(-c3ccccc3)nc(-c3cc(-c4cc(-c5ccccn5)cc(-c5ccccn5)c4)cc(-c4cc(-c5ccccn5)cc(-c5ccccn5)c4)c3)n2)cc1. The summed E-state index contributed by atoms with van der Waals surface area (Å²) >= 11 is 7.07. The predicted molar refractivity (Wildman–Crippen MR) is 429 cm³/mol. The van der Waals surface area contributed by atoms with Crippen LogP contribution in [0.25, 0.3) is 158 Å². The molecule has 14 heteroatoms. The van der Waals surface area contributed by atoms with Gasteiger partial charge in [-0.15, -0.1) is 0 Å². The molecule has 12 nitrogen and oxygen atoms in total. The molecule has 17 aromatic rings. The Morgan fingerprint density at radius 2 is 0.429 bits per heavy atom. The zero-order chi connectivity index (χ0) is 71.1. The van der Waals surface area contributed by atoms with Gasteiger partial charge in [-0.3, -0.25) is 29.9 Å². The van der Waals surface area contributed by atoms with Gasteiger partial charge in [0.15, 0.2) is 23.3 Å². The van der Waals surface area contributed by atoms with E-state index in [2.05, 4.69) is 139 Å². The summed E-state index contributed by atoms with van der Waals surface area (Å²) in [6.45, 7) is 2.06. The molecule has 8 aromatic carbocycles. The van der Waals surface area contributed by atoms with E-state index in [-0.39, 0.29) is 0 Å². The molecule has 0 N–H and O–H groups in total. The van der Waals surface area contributed by atoms with E-state index in [1.54, 1.807) is 12.4 Å². The van der Waals surface area contributed by atoms with Gasteiger partial charge in [0, 0.05) is 102 Å². The number of benzene rings is 8. The van der Waals surface area contributed by atoms with Crippen LogP contribution in [0.2, 0.25) is 0 Å².